The first-order chi connectivity index (χ1) is 12.2. The lowest BCUT2D eigenvalue weighted by molar-refractivity contribution is 0.288. The van der Waals surface area contributed by atoms with Crippen LogP contribution in [0.5, 0.6) is 0 Å². The zero-order valence-electron chi connectivity index (χ0n) is 13.6. The minimum absolute atomic E-state index is 0.213. The van der Waals surface area contributed by atoms with Crippen LogP contribution < -0.4 is 5.32 Å². The van der Waals surface area contributed by atoms with E-state index in [1.54, 1.807) is 6.07 Å². The highest BCUT2D eigenvalue weighted by Crippen LogP contribution is 2.34. The molecule has 3 nitrogen and oxygen atoms in total. The maximum Gasteiger partial charge on any atom is 0.174 e. The summed E-state index contributed by atoms with van der Waals surface area (Å²) < 4.78 is 16.7. The van der Waals surface area contributed by atoms with Crippen molar-refractivity contribution in [2.24, 2.45) is 0 Å². The van der Waals surface area contributed by atoms with Gasteiger partial charge in [0.1, 0.15) is 5.82 Å². The van der Waals surface area contributed by atoms with Crippen LogP contribution in [0.25, 0.3) is 0 Å². The van der Waals surface area contributed by atoms with Crippen LogP contribution in [0, 0.1) is 5.82 Å². The average Bonchev–Trinajstić information content (AvgIpc) is 3.11. The highest BCUT2D eigenvalue weighted by molar-refractivity contribution is 7.80. The average molecular weight is 351 g/mol. The van der Waals surface area contributed by atoms with Crippen molar-refractivity contribution in [3.63, 3.8) is 0 Å². The van der Waals surface area contributed by atoms with Gasteiger partial charge in [0.15, 0.2) is 5.11 Å². The molecule has 1 aliphatic heterocycles. The molecule has 0 saturated carbocycles. The van der Waals surface area contributed by atoms with Crippen LogP contribution in [-0.2, 0) is 6.54 Å². The minimum Gasteiger partial charge on any atom is -0.348 e. The van der Waals surface area contributed by atoms with Gasteiger partial charge in [0.25, 0.3) is 0 Å². The molecule has 5 heteroatoms. The summed E-state index contributed by atoms with van der Waals surface area (Å²) in [5.41, 5.74) is 2.62. The van der Waals surface area contributed by atoms with Gasteiger partial charge >= 0.3 is 0 Å². The number of thiocarbonyl (C=S) groups is 1. The van der Waals surface area contributed by atoms with Crippen molar-refractivity contribution in [1.29, 1.82) is 0 Å². The van der Waals surface area contributed by atoms with Crippen molar-refractivity contribution in [3.05, 3.63) is 90.0 Å². The van der Waals surface area contributed by atoms with E-state index in [9.17, 15) is 4.39 Å². The van der Waals surface area contributed by atoms with Gasteiger partial charge in [-0.05, 0) is 42.5 Å². The fourth-order valence-corrected chi connectivity index (χ4v) is 3.66. The predicted octanol–water partition coefficient (Wildman–Crippen LogP) is 4.43. The van der Waals surface area contributed by atoms with Gasteiger partial charge in [-0.3, -0.25) is 0 Å². The first-order valence-electron chi connectivity index (χ1n) is 8.26. The first kappa shape index (κ1) is 15.8. The predicted molar refractivity (Wildman–Crippen MR) is 102 cm³/mol. The fraction of sp³-hybridized carbons (Fsp3) is 0.150. The number of hydrogen-bond donors (Lipinski definition) is 1. The molecule has 0 radical (unpaired) electrons. The van der Waals surface area contributed by atoms with Crippen LogP contribution in [0.3, 0.4) is 0 Å². The Morgan fingerprint density at radius 1 is 0.960 bits per heavy atom. The highest BCUT2D eigenvalue weighted by atomic mass is 32.1. The molecule has 0 spiro atoms. The number of benzene rings is 2. The maximum atomic E-state index is 14.5. The number of anilines is 1. The third kappa shape index (κ3) is 3.03. The summed E-state index contributed by atoms with van der Waals surface area (Å²) >= 11 is 5.66. The van der Waals surface area contributed by atoms with Crippen LogP contribution >= 0.6 is 12.2 Å². The van der Waals surface area contributed by atoms with E-state index >= 15 is 0 Å². The fourth-order valence-electron chi connectivity index (χ4n) is 3.34. The summed E-state index contributed by atoms with van der Waals surface area (Å²) in [6.45, 7) is 1.54. The lowest BCUT2D eigenvalue weighted by Gasteiger charge is -2.39. The van der Waals surface area contributed by atoms with E-state index in [4.69, 9.17) is 12.2 Å². The Hall–Kier alpha value is -2.66. The highest BCUT2D eigenvalue weighted by Gasteiger charge is 2.32. The maximum absolute atomic E-state index is 14.5. The van der Waals surface area contributed by atoms with Gasteiger partial charge in [-0.2, -0.15) is 0 Å². The topological polar surface area (TPSA) is 20.2 Å². The van der Waals surface area contributed by atoms with E-state index in [2.05, 4.69) is 14.8 Å². The zero-order valence-corrected chi connectivity index (χ0v) is 14.4. The standard InChI is InChI=1S/C20H18FN3S/c21-17-10-5-4-9-16(17)19-18-11-6-12-23(18)13-14-24(19)20(25)22-15-7-2-1-3-8-15/h1-12,19H,13-14H2,(H,22,25). The Balaban J connectivity index is 1.71. The number of fused-ring (bicyclic) bond motifs is 1. The molecule has 0 saturated heterocycles. The molecule has 1 aromatic heterocycles. The summed E-state index contributed by atoms with van der Waals surface area (Å²) in [4.78, 5) is 2.07. The van der Waals surface area contributed by atoms with Crippen LogP contribution in [0.1, 0.15) is 17.3 Å². The summed E-state index contributed by atoms with van der Waals surface area (Å²) in [7, 11) is 0. The second-order valence-electron chi connectivity index (χ2n) is 6.04. The lowest BCUT2D eigenvalue weighted by Crippen LogP contribution is -2.44. The molecule has 0 amide bonds. The van der Waals surface area contributed by atoms with E-state index < -0.39 is 0 Å². The molecule has 0 fully saturated rings. The largest absolute Gasteiger partial charge is 0.348 e. The van der Waals surface area contributed by atoms with Gasteiger partial charge in [0.2, 0.25) is 0 Å². The molecule has 0 bridgehead atoms. The molecule has 2 aromatic carbocycles. The SMILES string of the molecule is Fc1ccccc1C1c2cccn2CCN1C(=S)Nc1ccccc1. The number of halogens is 1. The van der Waals surface area contributed by atoms with E-state index in [0.717, 1.165) is 24.5 Å². The summed E-state index contributed by atoms with van der Waals surface area (Å²) in [5, 5.41) is 3.88. The van der Waals surface area contributed by atoms with Gasteiger partial charge in [-0.15, -0.1) is 0 Å². The second-order valence-corrected chi connectivity index (χ2v) is 6.43. The van der Waals surface area contributed by atoms with Gasteiger partial charge in [-0.25, -0.2) is 4.39 Å². The molecule has 1 unspecified atom stereocenters. The molecule has 126 valence electrons. The number of rotatable bonds is 2. The van der Waals surface area contributed by atoms with Crippen LogP contribution in [0.15, 0.2) is 72.9 Å². The number of aromatic nitrogens is 1. The van der Waals surface area contributed by atoms with E-state index in [1.165, 1.54) is 6.07 Å². The Labute approximate surface area is 151 Å². The number of hydrogen-bond acceptors (Lipinski definition) is 1. The molecule has 0 aliphatic carbocycles. The monoisotopic (exact) mass is 351 g/mol. The smallest absolute Gasteiger partial charge is 0.174 e. The molecule has 25 heavy (non-hydrogen) atoms. The van der Waals surface area contributed by atoms with Crippen LogP contribution in [0.4, 0.5) is 10.1 Å². The van der Waals surface area contributed by atoms with Gasteiger partial charge in [-0.1, -0.05) is 36.4 Å². The Morgan fingerprint density at radius 2 is 1.72 bits per heavy atom. The summed E-state index contributed by atoms with van der Waals surface area (Å²) in [5.74, 6) is -0.213. The molecule has 1 atom stereocenters. The second kappa shape index (κ2) is 6.69. The summed E-state index contributed by atoms with van der Waals surface area (Å²) in [6, 6.07) is 20.5. The minimum atomic E-state index is -0.242. The number of nitrogens with one attached hydrogen (secondary N) is 1. The van der Waals surface area contributed by atoms with Gasteiger partial charge in [0, 0.05) is 36.2 Å². The van der Waals surface area contributed by atoms with Crippen LogP contribution in [0.2, 0.25) is 0 Å². The molecule has 1 aliphatic rings. The Bertz CT molecular complexity index is 891. The number of para-hydroxylation sites is 1. The van der Waals surface area contributed by atoms with Crippen molar-refractivity contribution < 1.29 is 4.39 Å². The van der Waals surface area contributed by atoms with E-state index in [1.807, 2.05) is 60.8 Å². The zero-order chi connectivity index (χ0) is 17.2. The summed E-state index contributed by atoms with van der Waals surface area (Å²) in [6.07, 6.45) is 2.04. The van der Waals surface area contributed by atoms with Gasteiger partial charge in [0.05, 0.1) is 6.04 Å². The van der Waals surface area contributed by atoms with Crippen molar-refractivity contribution in [2.75, 3.05) is 11.9 Å². The van der Waals surface area contributed by atoms with Crippen molar-refractivity contribution in [3.8, 4) is 0 Å². The third-order valence-electron chi connectivity index (χ3n) is 4.52. The van der Waals surface area contributed by atoms with Crippen molar-refractivity contribution >= 4 is 23.0 Å². The van der Waals surface area contributed by atoms with Crippen LogP contribution in [-0.4, -0.2) is 21.1 Å². The molecule has 2 heterocycles. The quantitative estimate of drug-likeness (QED) is 0.690. The normalized spacial score (nSPS) is 16.4. The molecule has 4 rings (SSSR count). The van der Waals surface area contributed by atoms with E-state index in [-0.39, 0.29) is 11.9 Å². The van der Waals surface area contributed by atoms with E-state index in [0.29, 0.717) is 10.7 Å². The third-order valence-corrected chi connectivity index (χ3v) is 4.86. The lowest BCUT2D eigenvalue weighted by atomic mass is 10.00. The van der Waals surface area contributed by atoms with Gasteiger partial charge < -0.3 is 14.8 Å². The van der Waals surface area contributed by atoms with Crippen molar-refractivity contribution in [1.82, 2.24) is 9.47 Å². The Morgan fingerprint density at radius 3 is 2.52 bits per heavy atom. The Kier molecular flexibility index (Phi) is 4.24. The van der Waals surface area contributed by atoms with Crippen molar-refractivity contribution in [2.45, 2.75) is 12.6 Å². The number of nitrogens with zero attached hydrogens (tertiary/aromatic N) is 2. The molecular weight excluding hydrogens is 333 g/mol. The molecule has 3 aromatic rings. The molecular formula is C20H18FN3S. The molecule has 1 N–H and O–H groups in total. The first-order valence-corrected chi connectivity index (χ1v) is 8.67.